The van der Waals surface area contributed by atoms with Crippen LogP contribution in [0.3, 0.4) is 0 Å². The predicted octanol–water partition coefficient (Wildman–Crippen LogP) is -0.155. The molecular weight excluding hydrogens is 250 g/mol. The Balaban J connectivity index is 2.57. The van der Waals surface area contributed by atoms with Crippen molar-refractivity contribution in [1.82, 2.24) is 14.9 Å². The van der Waals surface area contributed by atoms with Gasteiger partial charge in [0, 0.05) is 28.9 Å². The van der Waals surface area contributed by atoms with Crippen molar-refractivity contribution in [3.05, 3.63) is 12.3 Å². The molecule has 8 heteroatoms. The summed E-state index contributed by atoms with van der Waals surface area (Å²) < 4.78 is 36.7. The second kappa shape index (κ2) is 5.55. The van der Waals surface area contributed by atoms with E-state index in [0.29, 0.717) is 12.2 Å². The minimum atomic E-state index is -3.53. The van der Waals surface area contributed by atoms with Crippen LogP contribution in [-0.2, 0) is 20.8 Å². The summed E-state index contributed by atoms with van der Waals surface area (Å²) in [5.41, 5.74) is 0. The Kier molecular flexibility index (Phi) is 4.63. The zero-order valence-electron chi connectivity index (χ0n) is 9.13. The summed E-state index contributed by atoms with van der Waals surface area (Å²) in [6, 6.07) is 1.13. The molecule has 2 atom stereocenters. The van der Waals surface area contributed by atoms with Crippen molar-refractivity contribution in [1.29, 1.82) is 0 Å². The molecule has 0 amide bonds. The Morgan fingerprint density at radius 3 is 2.81 bits per heavy atom. The van der Waals surface area contributed by atoms with Crippen LogP contribution < -0.4 is 4.72 Å². The van der Waals surface area contributed by atoms with Gasteiger partial charge in [-0.05, 0) is 19.4 Å². The van der Waals surface area contributed by atoms with Crippen LogP contribution in [0.2, 0.25) is 0 Å². The van der Waals surface area contributed by atoms with Gasteiger partial charge in [-0.2, -0.15) is 5.10 Å². The lowest BCUT2D eigenvalue weighted by atomic mass is 10.3. The van der Waals surface area contributed by atoms with Gasteiger partial charge in [-0.1, -0.05) is 0 Å². The van der Waals surface area contributed by atoms with E-state index in [9.17, 15) is 12.6 Å². The Labute approximate surface area is 97.3 Å². The second-order valence-electron chi connectivity index (χ2n) is 3.51. The normalized spacial score (nSPS) is 15.9. The molecule has 1 aromatic rings. The molecule has 0 aliphatic heterocycles. The number of aromatic amines is 1. The van der Waals surface area contributed by atoms with Gasteiger partial charge in [0.15, 0.2) is 5.03 Å². The van der Waals surface area contributed by atoms with Gasteiger partial charge in [-0.3, -0.25) is 9.31 Å². The summed E-state index contributed by atoms with van der Waals surface area (Å²) in [7, 11) is -4.44. The molecule has 0 aromatic carbocycles. The van der Waals surface area contributed by atoms with E-state index in [1.807, 2.05) is 0 Å². The minimum Gasteiger partial charge on any atom is -0.266 e. The molecular formula is C8H15N3O3S2. The fourth-order valence-electron chi connectivity index (χ4n) is 1.12. The van der Waals surface area contributed by atoms with E-state index in [4.69, 9.17) is 0 Å². The average molecular weight is 265 g/mol. The van der Waals surface area contributed by atoms with Crippen molar-refractivity contribution < 1.29 is 12.6 Å². The molecule has 0 spiro atoms. The van der Waals surface area contributed by atoms with E-state index >= 15 is 0 Å². The first-order chi connectivity index (χ1) is 7.42. The summed E-state index contributed by atoms with van der Waals surface area (Å²) in [6.07, 6.45) is 3.51. The van der Waals surface area contributed by atoms with Crippen LogP contribution in [0.15, 0.2) is 17.3 Å². The van der Waals surface area contributed by atoms with Crippen LogP contribution in [0, 0.1) is 0 Å². The lowest BCUT2D eigenvalue weighted by molar-refractivity contribution is 0.552. The second-order valence-corrected chi connectivity index (χ2v) is 6.75. The van der Waals surface area contributed by atoms with Gasteiger partial charge in [-0.15, -0.1) is 0 Å². The number of nitrogens with one attached hydrogen (secondary N) is 2. The van der Waals surface area contributed by atoms with Crippen LogP contribution in [-0.4, -0.2) is 40.9 Å². The highest BCUT2D eigenvalue weighted by Crippen LogP contribution is 2.05. The highest BCUT2D eigenvalue weighted by Gasteiger charge is 2.18. The van der Waals surface area contributed by atoms with Gasteiger partial charge in [-0.25, -0.2) is 13.1 Å². The fraction of sp³-hybridized carbons (Fsp3) is 0.625. The van der Waals surface area contributed by atoms with E-state index in [2.05, 4.69) is 14.9 Å². The first kappa shape index (κ1) is 13.3. The van der Waals surface area contributed by atoms with Crippen LogP contribution in [0.1, 0.15) is 13.3 Å². The molecule has 0 saturated carbocycles. The monoisotopic (exact) mass is 265 g/mol. The van der Waals surface area contributed by atoms with Crippen LogP contribution >= 0.6 is 0 Å². The number of hydrogen-bond donors (Lipinski definition) is 2. The Bertz CT molecular complexity index is 441. The number of nitrogens with zero attached hydrogens (tertiary/aromatic N) is 1. The van der Waals surface area contributed by atoms with E-state index in [-0.39, 0.29) is 11.1 Å². The first-order valence-electron chi connectivity index (χ1n) is 4.73. The highest BCUT2D eigenvalue weighted by molar-refractivity contribution is 7.89. The zero-order valence-corrected chi connectivity index (χ0v) is 10.8. The lowest BCUT2D eigenvalue weighted by Gasteiger charge is -2.12. The molecule has 6 nitrogen and oxygen atoms in total. The van der Waals surface area contributed by atoms with E-state index in [1.165, 1.54) is 12.3 Å². The molecule has 92 valence electrons. The maximum absolute atomic E-state index is 11.7. The Morgan fingerprint density at radius 2 is 2.31 bits per heavy atom. The van der Waals surface area contributed by atoms with Crippen molar-refractivity contribution >= 4 is 20.8 Å². The average Bonchev–Trinajstić information content (AvgIpc) is 2.67. The minimum absolute atomic E-state index is 0.0389. The molecule has 0 bridgehead atoms. The molecule has 0 saturated heterocycles. The smallest absolute Gasteiger partial charge is 0.257 e. The van der Waals surface area contributed by atoms with Crippen LogP contribution in [0.4, 0.5) is 0 Å². The Morgan fingerprint density at radius 1 is 1.62 bits per heavy atom. The SMILES string of the molecule is CC(CCS(C)=O)NS(=O)(=O)c1ccn[nH]1. The zero-order chi connectivity index (χ0) is 12.2. The number of hydrogen-bond acceptors (Lipinski definition) is 4. The quantitative estimate of drug-likeness (QED) is 0.748. The standard InChI is InChI=1S/C8H15N3O3S2/c1-7(4-6-15(2)12)11-16(13,14)8-3-5-9-10-8/h3,5,7,11H,4,6H2,1-2H3,(H,9,10). The van der Waals surface area contributed by atoms with Gasteiger partial charge in [0.1, 0.15) is 0 Å². The van der Waals surface area contributed by atoms with Gasteiger partial charge in [0.2, 0.25) is 0 Å². The molecule has 1 aromatic heterocycles. The third-order valence-electron chi connectivity index (χ3n) is 1.96. The third-order valence-corrected chi connectivity index (χ3v) is 4.29. The van der Waals surface area contributed by atoms with Crippen molar-refractivity contribution in [3.8, 4) is 0 Å². The number of H-pyrrole nitrogens is 1. The number of aromatic nitrogens is 2. The van der Waals surface area contributed by atoms with Crippen LogP contribution in [0.5, 0.6) is 0 Å². The topological polar surface area (TPSA) is 91.9 Å². The third kappa shape index (κ3) is 4.03. The largest absolute Gasteiger partial charge is 0.266 e. The summed E-state index contributed by atoms with van der Waals surface area (Å²) in [6.45, 7) is 1.74. The van der Waals surface area contributed by atoms with Crippen molar-refractivity contribution in [2.45, 2.75) is 24.4 Å². The molecule has 0 radical (unpaired) electrons. The molecule has 0 aliphatic carbocycles. The molecule has 16 heavy (non-hydrogen) atoms. The van der Waals surface area contributed by atoms with Gasteiger partial charge in [0.25, 0.3) is 10.0 Å². The first-order valence-corrected chi connectivity index (χ1v) is 7.94. The maximum atomic E-state index is 11.7. The maximum Gasteiger partial charge on any atom is 0.257 e. The molecule has 2 N–H and O–H groups in total. The summed E-state index contributed by atoms with van der Waals surface area (Å²) >= 11 is 0. The van der Waals surface area contributed by atoms with E-state index < -0.39 is 20.8 Å². The van der Waals surface area contributed by atoms with Crippen molar-refractivity contribution in [2.75, 3.05) is 12.0 Å². The van der Waals surface area contributed by atoms with E-state index in [0.717, 1.165) is 0 Å². The molecule has 2 unspecified atom stereocenters. The van der Waals surface area contributed by atoms with Crippen LogP contribution in [0.25, 0.3) is 0 Å². The molecule has 0 aliphatic rings. The summed E-state index contributed by atoms with van der Waals surface area (Å²) in [5, 5.41) is 6.00. The lowest BCUT2D eigenvalue weighted by Crippen LogP contribution is -2.33. The van der Waals surface area contributed by atoms with Gasteiger partial charge in [0.05, 0.1) is 6.20 Å². The van der Waals surface area contributed by atoms with Crippen molar-refractivity contribution in [3.63, 3.8) is 0 Å². The highest BCUT2D eigenvalue weighted by atomic mass is 32.2. The van der Waals surface area contributed by atoms with Crippen molar-refractivity contribution in [2.24, 2.45) is 0 Å². The number of rotatable bonds is 6. The van der Waals surface area contributed by atoms with E-state index in [1.54, 1.807) is 13.2 Å². The number of sulfonamides is 1. The fourth-order valence-corrected chi connectivity index (χ4v) is 3.00. The molecule has 1 rings (SSSR count). The Hall–Kier alpha value is -0.730. The molecule has 1 heterocycles. The predicted molar refractivity (Wildman–Crippen MR) is 61.9 cm³/mol. The summed E-state index contributed by atoms with van der Waals surface area (Å²) in [4.78, 5) is 0. The summed E-state index contributed by atoms with van der Waals surface area (Å²) in [5.74, 6) is 0.479. The van der Waals surface area contributed by atoms with Gasteiger partial charge < -0.3 is 0 Å². The van der Waals surface area contributed by atoms with Gasteiger partial charge >= 0.3 is 0 Å². The molecule has 0 fully saturated rings.